The van der Waals surface area contributed by atoms with Crippen LogP contribution >= 0.6 is 0 Å². The maximum atomic E-state index is 14.2. The smallest absolute Gasteiger partial charge is 0.340 e. The Morgan fingerprint density at radius 3 is 2.49 bits per heavy atom. The predicted octanol–water partition coefficient (Wildman–Crippen LogP) is 3.17. The molecule has 7 rings (SSSR count). The van der Waals surface area contributed by atoms with Gasteiger partial charge in [-0.25, -0.2) is 4.79 Å². The molecule has 1 aromatic carbocycles. The number of carbonyl (C=O) groups excluding carboxylic acids is 2. The largest absolute Gasteiger partial charge is 0.454 e. The van der Waals surface area contributed by atoms with Gasteiger partial charge in [0.15, 0.2) is 0 Å². The minimum absolute atomic E-state index is 0.0534. The number of esters is 1. The normalized spacial score (nSPS) is 45.6. The highest BCUT2D eigenvalue weighted by molar-refractivity contribution is 6.05. The van der Waals surface area contributed by atoms with E-state index in [-0.39, 0.29) is 47.8 Å². The molecule has 6 aliphatic rings. The minimum Gasteiger partial charge on any atom is -0.454 e. The number of likely N-dealkylation sites (tertiary alicyclic amines) is 1. The van der Waals surface area contributed by atoms with Crippen molar-refractivity contribution in [3.05, 3.63) is 41.5 Å². The molecular formula is C35H48N2O8. The summed E-state index contributed by atoms with van der Waals surface area (Å²) in [5, 5.41) is 28.6. The molecule has 6 fully saturated rings. The Hall–Kier alpha value is -2.34. The van der Waals surface area contributed by atoms with Crippen LogP contribution < -0.4 is 5.32 Å². The molecule has 7 bridgehead atoms. The van der Waals surface area contributed by atoms with Crippen molar-refractivity contribution in [2.45, 2.75) is 94.0 Å². The molecular weight excluding hydrogens is 576 g/mol. The van der Waals surface area contributed by atoms with Gasteiger partial charge in [0.05, 0.1) is 29.6 Å². The summed E-state index contributed by atoms with van der Waals surface area (Å²) in [5.41, 5.74) is -2.81. The van der Waals surface area contributed by atoms with Gasteiger partial charge in [-0.3, -0.25) is 9.69 Å². The Bertz CT molecular complexity index is 1410. The molecule has 5 saturated carbocycles. The number of nitrogens with one attached hydrogen (secondary N) is 1. The van der Waals surface area contributed by atoms with Gasteiger partial charge in [-0.15, -0.1) is 0 Å². The fourth-order valence-electron chi connectivity index (χ4n) is 11.8. The lowest BCUT2D eigenvalue weighted by Crippen LogP contribution is -2.83. The number of allylic oxidation sites excluding steroid dienone is 1. The third kappa shape index (κ3) is 3.84. The van der Waals surface area contributed by atoms with Gasteiger partial charge in [-0.1, -0.05) is 24.6 Å². The van der Waals surface area contributed by atoms with Crippen molar-refractivity contribution in [3.63, 3.8) is 0 Å². The van der Waals surface area contributed by atoms with E-state index in [0.717, 1.165) is 5.57 Å². The zero-order chi connectivity index (χ0) is 32.1. The van der Waals surface area contributed by atoms with Crippen molar-refractivity contribution in [2.24, 2.45) is 29.1 Å². The van der Waals surface area contributed by atoms with Gasteiger partial charge in [0.1, 0.15) is 16.8 Å². The summed E-state index contributed by atoms with van der Waals surface area (Å²) in [6.45, 7) is 7.04. The van der Waals surface area contributed by atoms with Gasteiger partial charge in [0, 0.05) is 75.5 Å². The molecule has 1 aromatic rings. The number of methoxy groups -OCH3 is 3. The minimum atomic E-state index is -1.49. The highest BCUT2D eigenvalue weighted by atomic mass is 16.6. The fourth-order valence-corrected chi connectivity index (χ4v) is 11.8. The Kier molecular flexibility index (Phi) is 7.36. The van der Waals surface area contributed by atoms with Gasteiger partial charge in [-0.05, 0) is 58.2 Å². The lowest BCUT2D eigenvalue weighted by atomic mass is 9.44. The number of likely N-dealkylation sites (N-methyl/N-ethyl adjacent to an activating group) is 1. The summed E-state index contributed by atoms with van der Waals surface area (Å²) in [7, 11) is 5.06. The van der Waals surface area contributed by atoms with Crippen LogP contribution in [0.5, 0.6) is 0 Å². The third-order valence-corrected chi connectivity index (χ3v) is 13.0. The topological polar surface area (TPSA) is 127 Å². The van der Waals surface area contributed by atoms with Gasteiger partial charge in [0.25, 0.3) is 0 Å². The SMILES string of the molecule is CCN1C[C@]2(OC(=O)c3ccccc3NC(=O)C=C(C)C)CC[C@H](OC)[C@]34C1[C@H](C[C@H]23)[C@@]1(O)C[C@H](OC)[C@H]2C[C@@H]4[C@]1(O)[C@H]2OC. The molecule has 0 radical (unpaired) electrons. The molecule has 10 heteroatoms. The van der Waals surface area contributed by atoms with E-state index in [0.29, 0.717) is 56.4 Å². The van der Waals surface area contributed by atoms with Crippen molar-refractivity contribution in [1.82, 2.24) is 4.90 Å². The number of hydrogen-bond acceptors (Lipinski definition) is 9. The maximum absolute atomic E-state index is 14.2. The van der Waals surface area contributed by atoms with Gasteiger partial charge in [0.2, 0.25) is 5.91 Å². The molecule has 246 valence electrons. The van der Waals surface area contributed by atoms with E-state index in [1.807, 2.05) is 13.8 Å². The molecule has 1 saturated heterocycles. The van der Waals surface area contributed by atoms with E-state index in [1.54, 1.807) is 45.6 Å². The number of para-hydroxylation sites is 1. The molecule has 12 atom stereocenters. The van der Waals surface area contributed by atoms with Crippen molar-refractivity contribution in [2.75, 3.05) is 39.7 Å². The molecule has 3 N–H and O–H groups in total. The second-order valence-corrected chi connectivity index (χ2v) is 14.7. The van der Waals surface area contributed by atoms with E-state index in [4.69, 9.17) is 18.9 Å². The van der Waals surface area contributed by atoms with Crippen LogP contribution in [0.1, 0.15) is 63.2 Å². The second-order valence-electron chi connectivity index (χ2n) is 14.7. The summed E-state index contributed by atoms with van der Waals surface area (Å²) in [6, 6.07) is 6.91. The monoisotopic (exact) mass is 624 g/mol. The average molecular weight is 625 g/mol. The lowest BCUT2D eigenvalue weighted by molar-refractivity contribution is -0.337. The Balaban J connectivity index is 1.34. The van der Waals surface area contributed by atoms with E-state index in [2.05, 4.69) is 17.1 Å². The second kappa shape index (κ2) is 10.6. The molecule has 45 heavy (non-hydrogen) atoms. The summed E-state index contributed by atoms with van der Waals surface area (Å²) in [5.74, 6) is -1.63. The Labute approximate surface area is 265 Å². The van der Waals surface area contributed by atoms with Gasteiger partial charge >= 0.3 is 5.97 Å². The van der Waals surface area contributed by atoms with Crippen molar-refractivity contribution in [3.8, 4) is 0 Å². The maximum Gasteiger partial charge on any atom is 0.340 e. The molecule has 0 aromatic heterocycles. The van der Waals surface area contributed by atoms with Crippen LogP contribution in [0.15, 0.2) is 35.9 Å². The van der Waals surface area contributed by atoms with Crippen LogP contribution in [0.3, 0.4) is 0 Å². The molecule has 1 heterocycles. The summed E-state index contributed by atoms with van der Waals surface area (Å²) in [6.07, 6.45) is 3.34. The summed E-state index contributed by atoms with van der Waals surface area (Å²) >= 11 is 0. The number of nitrogens with zero attached hydrogens (tertiary/aromatic N) is 1. The first-order chi connectivity index (χ1) is 21.5. The number of anilines is 1. The number of benzene rings is 1. The number of carbonyl (C=O) groups is 2. The van der Waals surface area contributed by atoms with Crippen LogP contribution in [0.2, 0.25) is 0 Å². The number of amides is 1. The van der Waals surface area contributed by atoms with Gasteiger partial charge < -0.3 is 34.5 Å². The Morgan fingerprint density at radius 2 is 1.82 bits per heavy atom. The number of ether oxygens (including phenoxy) is 4. The Morgan fingerprint density at radius 1 is 1.07 bits per heavy atom. The highest BCUT2D eigenvalue weighted by Crippen LogP contribution is 2.79. The molecule has 1 unspecified atom stereocenters. The van der Waals surface area contributed by atoms with E-state index < -0.39 is 34.3 Å². The number of aliphatic hydroxyl groups is 2. The van der Waals surface area contributed by atoms with Crippen LogP contribution in [-0.4, -0.2) is 103 Å². The number of fused-ring (bicyclic) bond motifs is 2. The van der Waals surface area contributed by atoms with E-state index in [9.17, 15) is 19.8 Å². The molecule has 10 nitrogen and oxygen atoms in total. The van der Waals surface area contributed by atoms with E-state index >= 15 is 0 Å². The molecule has 1 aliphatic heterocycles. The lowest BCUT2D eigenvalue weighted by Gasteiger charge is -2.70. The average Bonchev–Trinajstić information content (AvgIpc) is 3.43. The fraction of sp³-hybridized carbons (Fsp3) is 0.714. The van der Waals surface area contributed by atoms with Crippen LogP contribution in [0.4, 0.5) is 5.69 Å². The standard InChI is InChI=1S/C35H48N2O8/c1-7-37-18-32(45-31(39)20-10-8-9-11-23(20)36-28(38)14-19(2)3)13-12-27(43-5)34-25(32)16-22(29(34)37)33(40)17-24(42-4)21-15-26(34)35(33,41)30(21)44-6/h8-11,14,21-22,24-27,29-30,40-41H,7,12-13,15-18H2,1-6H3,(H,36,38)/t21-,22+,24+,25-,26+,27+,29?,30+,32-,33+,34+,35+/m1/s1. The highest BCUT2D eigenvalue weighted by Gasteiger charge is 2.89. The van der Waals surface area contributed by atoms with E-state index in [1.165, 1.54) is 6.08 Å². The number of hydrogen-bond donors (Lipinski definition) is 3. The van der Waals surface area contributed by atoms with Crippen molar-refractivity contribution < 1.29 is 38.7 Å². The van der Waals surface area contributed by atoms with Crippen molar-refractivity contribution >= 4 is 17.6 Å². The first kappa shape index (κ1) is 31.3. The predicted molar refractivity (Wildman–Crippen MR) is 165 cm³/mol. The zero-order valence-electron chi connectivity index (χ0n) is 27.2. The summed E-state index contributed by atoms with van der Waals surface area (Å²) in [4.78, 5) is 29.3. The van der Waals surface area contributed by atoms with Crippen LogP contribution in [0, 0.1) is 29.1 Å². The first-order valence-corrected chi connectivity index (χ1v) is 16.5. The van der Waals surface area contributed by atoms with Crippen molar-refractivity contribution in [1.29, 1.82) is 0 Å². The molecule has 1 amide bonds. The molecule has 1 spiro atoms. The number of rotatable bonds is 8. The third-order valence-electron chi connectivity index (χ3n) is 13.0. The quantitative estimate of drug-likeness (QED) is 0.295. The first-order valence-electron chi connectivity index (χ1n) is 16.5. The zero-order valence-corrected chi connectivity index (χ0v) is 27.2. The van der Waals surface area contributed by atoms with Crippen LogP contribution in [-0.2, 0) is 23.7 Å². The molecule has 5 aliphatic carbocycles. The number of piperidine rings is 1. The van der Waals surface area contributed by atoms with Gasteiger partial charge in [-0.2, -0.15) is 0 Å². The summed E-state index contributed by atoms with van der Waals surface area (Å²) < 4.78 is 25.2. The van der Waals surface area contributed by atoms with Crippen LogP contribution in [0.25, 0.3) is 0 Å².